The minimum Gasteiger partial charge on any atom is -0.481 e. The van der Waals surface area contributed by atoms with Gasteiger partial charge in [0.25, 0.3) is 0 Å². The predicted octanol–water partition coefficient (Wildman–Crippen LogP) is 3.89. The number of nitrogens with zero attached hydrogens (tertiary/aromatic N) is 4. The van der Waals surface area contributed by atoms with Crippen molar-refractivity contribution in [1.82, 2.24) is 19.7 Å². The standard InChI is InChI=1S/C24H24N4O5/c1-3-31-24-19(11-22(29)30)14-28(27-24)13-17-9-10-21(25-12-17)32-15-20-16(2)33-23(26-20)18-7-5-4-6-8-18/h4-10,12,14H,3,11,13,15H2,1-2H3,(H,29,30). The van der Waals surface area contributed by atoms with Crippen LogP contribution >= 0.6 is 0 Å². The summed E-state index contributed by atoms with van der Waals surface area (Å²) in [5.41, 5.74) is 3.05. The highest BCUT2D eigenvalue weighted by molar-refractivity contribution is 5.70. The average molecular weight is 448 g/mol. The number of aliphatic carboxylic acids is 1. The van der Waals surface area contributed by atoms with Gasteiger partial charge in [-0.3, -0.25) is 9.48 Å². The normalized spacial score (nSPS) is 10.8. The molecule has 0 atom stereocenters. The molecule has 0 saturated heterocycles. The highest BCUT2D eigenvalue weighted by Crippen LogP contribution is 2.22. The lowest BCUT2D eigenvalue weighted by Gasteiger charge is -2.05. The van der Waals surface area contributed by atoms with E-state index in [0.29, 0.717) is 47.8 Å². The van der Waals surface area contributed by atoms with Gasteiger partial charge in [0, 0.05) is 29.6 Å². The summed E-state index contributed by atoms with van der Waals surface area (Å²) in [5, 5.41) is 13.4. The van der Waals surface area contributed by atoms with Crippen LogP contribution in [-0.2, 0) is 24.4 Å². The second kappa shape index (κ2) is 9.99. The Morgan fingerprint density at radius 2 is 1.97 bits per heavy atom. The molecule has 33 heavy (non-hydrogen) atoms. The summed E-state index contributed by atoms with van der Waals surface area (Å²) in [6.07, 6.45) is 3.23. The van der Waals surface area contributed by atoms with Crippen LogP contribution in [0.4, 0.5) is 0 Å². The van der Waals surface area contributed by atoms with E-state index in [1.54, 1.807) is 23.1 Å². The number of pyridine rings is 1. The maximum absolute atomic E-state index is 11.1. The fraction of sp³-hybridized carbons (Fsp3) is 0.250. The number of benzene rings is 1. The summed E-state index contributed by atoms with van der Waals surface area (Å²) < 4.78 is 18.6. The Kier molecular flexibility index (Phi) is 6.68. The molecule has 1 N–H and O–H groups in total. The molecule has 3 aromatic heterocycles. The van der Waals surface area contributed by atoms with Crippen molar-refractivity contribution in [3.05, 3.63) is 77.4 Å². The lowest BCUT2D eigenvalue weighted by molar-refractivity contribution is -0.136. The lowest BCUT2D eigenvalue weighted by Crippen LogP contribution is -2.03. The summed E-state index contributed by atoms with van der Waals surface area (Å²) in [7, 11) is 0. The van der Waals surface area contributed by atoms with Crippen LogP contribution in [0, 0.1) is 6.92 Å². The molecule has 0 aliphatic heterocycles. The zero-order valence-corrected chi connectivity index (χ0v) is 18.4. The predicted molar refractivity (Wildman–Crippen MR) is 119 cm³/mol. The third-order valence-electron chi connectivity index (χ3n) is 4.83. The SMILES string of the molecule is CCOc1nn(Cc2ccc(OCc3nc(-c4ccccc4)oc3C)nc2)cc1CC(=O)O. The number of rotatable bonds is 10. The van der Waals surface area contributed by atoms with Crippen molar-refractivity contribution in [2.45, 2.75) is 33.4 Å². The number of carboxylic acids is 1. The molecule has 0 spiro atoms. The zero-order valence-electron chi connectivity index (χ0n) is 18.4. The Hall–Kier alpha value is -4.14. The van der Waals surface area contributed by atoms with Crippen molar-refractivity contribution >= 4 is 5.97 Å². The number of hydrogen-bond donors (Lipinski definition) is 1. The van der Waals surface area contributed by atoms with E-state index >= 15 is 0 Å². The minimum absolute atomic E-state index is 0.145. The quantitative estimate of drug-likeness (QED) is 0.389. The molecular weight excluding hydrogens is 424 g/mol. The van der Waals surface area contributed by atoms with Crippen LogP contribution in [0.3, 0.4) is 0 Å². The molecule has 0 fully saturated rings. The van der Waals surface area contributed by atoms with E-state index < -0.39 is 5.97 Å². The number of carboxylic acid groups (broad SMARTS) is 1. The Morgan fingerprint density at radius 1 is 1.15 bits per heavy atom. The van der Waals surface area contributed by atoms with Gasteiger partial charge in [0.05, 0.1) is 19.6 Å². The fourth-order valence-electron chi connectivity index (χ4n) is 3.25. The van der Waals surface area contributed by atoms with E-state index in [9.17, 15) is 4.79 Å². The number of hydrogen-bond acceptors (Lipinski definition) is 7. The van der Waals surface area contributed by atoms with Crippen LogP contribution in [0.5, 0.6) is 11.8 Å². The van der Waals surface area contributed by atoms with Gasteiger partial charge in [-0.2, -0.15) is 0 Å². The maximum Gasteiger partial charge on any atom is 0.308 e. The highest BCUT2D eigenvalue weighted by atomic mass is 16.5. The Labute approximate surface area is 190 Å². The van der Waals surface area contributed by atoms with E-state index in [0.717, 1.165) is 11.1 Å². The van der Waals surface area contributed by atoms with E-state index in [-0.39, 0.29) is 13.0 Å². The van der Waals surface area contributed by atoms with Gasteiger partial charge in [-0.1, -0.05) is 24.3 Å². The molecular formula is C24H24N4O5. The third kappa shape index (κ3) is 5.57. The van der Waals surface area contributed by atoms with E-state index in [4.69, 9.17) is 19.0 Å². The van der Waals surface area contributed by atoms with Crippen LogP contribution in [0.15, 0.2) is 59.3 Å². The second-order valence-corrected chi connectivity index (χ2v) is 7.34. The van der Waals surface area contributed by atoms with Gasteiger partial charge in [-0.05, 0) is 31.5 Å². The molecule has 0 bridgehead atoms. The lowest BCUT2D eigenvalue weighted by atomic mass is 10.2. The Morgan fingerprint density at radius 3 is 2.67 bits per heavy atom. The summed E-state index contributed by atoms with van der Waals surface area (Å²) in [6.45, 7) is 4.76. The molecule has 170 valence electrons. The molecule has 3 heterocycles. The van der Waals surface area contributed by atoms with E-state index in [1.807, 2.05) is 50.2 Å². The molecule has 9 nitrogen and oxygen atoms in total. The number of oxazole rings is 1. The molecule has 0 amide bonds. The van der Waals surface area contributed by atoms with Gasteiger partial charge in [-0.15, -0.1) is 5.10 Å². The molecule has 4 aromatic rings. The first kappa shape index (κ1) is 22.1. The number of aromatic nitrogens is 4. The van der Waals surface area contributed by atoms with Crippen LogP contribution in [0.1, 0.15) is 29.5 Å². The maximum atomic E-state index is 11.1. The van der Waals surface area contributed by atoms with Gasteiger partial charge in [0.2, 0.25) is 17.7 Å². The van der Waals surface area contributed by atoms with Gasteiger partial charge < -0.3 is 19.0 Å². The van der Waals surface area contributed by atoms with Crippen molar-refractivity contribution in [2.75, 3.05) is 6.61 Å². The molecule has 4 rings (SSSR count). The zero-order chi connectivity index (χ0) is 23.2. The summed E-state index contributed by atoms with van der Waals surface area (Å²) in [4.78, 5) is 19.9. The monoisotopic (exact) mass is 448 g/mol. The molecule has 0 aliphatic rings. The molecule has 0 radical (unpaired) electrons. The van der Waals surface area contributed by atoms with E-state index in [1.165, 1.54) is 0 Å². The summed E-state index contributed by atoms with van der Waals surface area (Å²) in [6, 6.07) is 13.3. The molecule has 0 aliphatic carbocycles. The fourth-order valence-corrected chi connectivity index (χ4v) is 3.25. The van der Waals surface area contributed by atoms with Crippen molar-refractivity contribution in [3.63, 3.8) is 0 Å². The number of aryl methyl sites for hydroxylation is 1. The average Bonchev–Trinajstić information content (AvgIpc) is 3.36. The molecule has 0 saturated carbocycles. The third-order valence-corrected chi connectivity index (χ3v) is 4.83. The van der Waals surface area contributed by atoms with Gasteiger partial charge in [0.15, 0.2) is 0 Å². The Bertz CT molecular complexity index is 1220. The first-order chi connectivity index (χ1) is 16.0. The first-order valence-corrected chi connectivity index (χ1v) is 10.5. The number of ether oxygens (including phenoxy) is 2. The van der Waals surface area contributed by atoms with Crippen LogP contribution in [0.2, 0.25) is 0 Å². The van der Waals surface area contributed by atoms with Crippen LogP contribution < -0.4 is 9.47 Å². The number of carbonyl (C=O) groups is 1. The van der Waals surface area contributed by atoms with Crippen LogP contribution in [0.25, 0.3) is 11.5 Å². The molecule has 1 aromatic carbocycles. The Balaban J connectivity index is 1.38. The second-order valence-electron chi connectivity index (χ2n) is 7.34. The smallest absolute Gasteiger partial charge is 0.308 e. The molecule has 0 unspecified atom stereocenters. The van der Waals surface area contributed by atoms with Gasteiger partial charge in [-0.25, -0.2) is 9.97 Å². The van der Waals surface area contributed by atoms with Crippen molar-refractivity contribution < 1.29 is 23.8 Å². The van der Waals surface area contributed by atoms with Crippen LogP contribution in [-0.4, -0.2) is 37.4 Å². The summed E-state index contributed by atoms with van der Waals surface area (Å²) >= 11 is 0. The topological polar surface area (TPSA) is 113 Å². The van der Waals surface area contributed by atoms with Gasteiger partial charge >= 0.3 is 5.97 Å². The van der Waals surface area contributed by atoms with Crippen molar-refractivity contribution in [3.8, 4) is 23.2 Å². The van der Waals surface area contributed by atoms with Crippen molar-refractivity contribution in [1.29, 1.82) is 0 Å². The highest BCUT2D eigenvalue weighted by Gasteiger charge is 2.14. The van der Waals surface area contributed by atoms with Crippen molar-refractivity contribution in [2.24, 2.45) is 0 Å². The van der Waals surface area contributed by atoms with Gasteiger partial charge in [0.1, 0.15) is 18.1 Å². The molecule has 9 heteroatoms. The summed E-state index contributed by atoms with van der Waals surface area (Å²) in [5.74, 6) is 1.13. The first-order valence-electron chi connectivity index (χ1n) is 10.5. The minimum atomic E-state index is -0.933. The largest absolute Gasteiger partial charge is 0.481 e. The van der Waals surface area contributed by atoms with E-state index in [2.05, 4.69) is 15.1 Å².